The van der Waals surface area contributed by atoms with E-state index in [2.05, 4.69) is 21.1 Å². The van der Waals surface area contributed by atoms with Crippen LogP contribution in [0.2, 0.25) is 0 Å². The highest BCUT2D eigenvalue weighted by Gasteiger charge is 2.26. The Hall–Kier alpha value is -3.00. The van der Waals surface area contributed by atoms with Gasteiger partial charge in [-0.15, -0.1) is 0 Å². The first kappa shape index (κ1) is 22.2. The van der Waals surface area contributed by atoms with Crippen molar-refractivity contribution in [1.29, 1.82) is 5.26 Å². The van der Waals surface area contributed by atoms with Crippen LogP contribution in [0.1, 0.15) is 31.2 Å². The zero-order chi connectivity index (χ0) is 22.7. The number of hydrogen-bond donors (Lipinski definition) is 2. The van der Waals surface area contributed by atoms with Gasteiger partial charge in [-0.1, -0.05) is 12.1 Å². The van der Waals surface area contributed by atoms with Crippen LogP contribution in [0.15, 0.2) is 42.7 Å². The van der Waals surface area contributed by atoms with E-state index in [0.717, 1.165) is 48.0 Å². The second-order valence-corrected chi connectivity index (χ2v) is 10.1. The summed E-state index contributed by atoms with van der Waals surface area (Å²) in [5.74, 6) is 1.30. The van der Waals surface area contributed by atoms with Gasteiger partial charge in [0, 0.05) is 44.0 Å². The second-order valence-electron chi connectivity index (χ2n) is 8.21. The van der Waals surface area contributed by atoms with Crippen LogP contribution >= 0.6 is 0 Å². The van der Waals surface area contributed by atoms with Crippen molar-refractivity contribution in [1.82, 2.24) is 23.6 Å². The van der Waals surface area contributed by atoms with Crippen molar-refractivity contribution < 1.29 is 8.42 Å². The fourth-order valence-corrected chi connectivity index (χ4v) is 4.95. The Labute approximate surface area is 188 Å². The van der Waals surface area contributed by atoms with E-state index in [4.69, 9.17) is 10.2 Å². The molecule has 32 heavy (non-hydrogen) atoms. The monoisotopic (exact) mass is 453 g/mol. The SMILES string of the molecule is CN(C)S(=O)(=O)NC1CCC(Nc2nccc(-n3ccc4c(CC#N)cccc43)n2)CC1. The third-order valence-electron chi connectivity index (χ3n) is 5.84. The molecule has 0 spiro atoms. The third kappa shape index (κ3) is 4.75. The first-order valence-electron chi connectivity index (χ1n) is 10.6. The van der Waals surface area contributed by atoms with E-state index >= 15 is 0 Å². The molecule has 4 rings (SSSR count). The van der Waals surface area contributed by atoms with E-state index in [-0.39, 0.29) is 12.1 Å². The highest BCUT2D eigenvalue weighted by molar-refractivity contribution is 7.87. The smallest absolute Gasteiger partial charge is 0.279 e. The zero-order valence-electron chi connectivity index (χ0n) is 18.2. The van der Waals surface area contributed by atoms with Gasteiger partial charge in [0.25, 0.3) is 10.2 Å². The molecule has 0 amide bonds. The highest BCUT2D eigenvalue weighted by Crippen LogP contribution is 2.25. The minimum atomic E-state index is -3.41. The fraction of sp³-hybridized carbons (Fsp3) is 0.409. The van der Waals surface area contributed by atoms with Crippen molar-refractivity contribution in [3.8, 4) is 11.9 Å². The summed E-state index contributed by atoms with van der Waals surface area (Å²) in [5, 5.41) is 13.5. The molecule has 1 aliphatic carbocycles. The van der Waals surface area contributed by atoms with E-state index < -0.39 is 10.2 Å². The van der Waals surface area contributed by atoms with Crippen LogP contribution in [0.25, 0.3) is 16.7 Å². The summed E-state index contributed by atoms with van der Waals surface area (Å²) in [6, 6.07) is 12.2. The van der Waals surface area contributed by atoms with Gasteiger partial charge in [-0.25, -0.2) is 4.98 Å². The van der Waals surface area contributed by atoms with Gasteiger partial charge >= 0.3 is 0 Å². The van der Waals surface area contributed by atoms with Crippen LogP contribution in [-0.4, -0.2) is 53.4 Å². The molecule has 3 aromatic rings. The molecule has 0 atom stereocenters. The van der Waals surface area contributed by atoms with E-state index in [1.807, 2.05) is 41.1 Å². The summed E-state index contributed by atoms with van der Waals surface area (Å²) < 4.78 is 30.0. The van der Waals surface area contributed by atoms with Gasteiger partial charge < -0.3 is 9.88 Å². The lowest BCUT2D eigenvalue weighted by molar-refractivity contribution is 0.378. The second kappa shape index (κ2) is 9.24. The maximum absolute atomic E-state index is 12.0. The minimum absolute atomic E-state index is 0.0541. The molecule has 1 aromatic carbocycles. The largest absolute Gasteiger partial charge is 0.351 e. The predicted molar refractivity (Wildman–Crippen MR) is 124 cm³/mol. The molecular weight excluding hydrogens is 426 g/mol. The van der Waals surface area contributed by atoms with Crippen LogP contribution in [0, 0.1) is 11.3 Å². The average Bonchev–Trinajstić information content (AvgIpc) is 3.20. The molecule has 0 unspecified atom stereocenters. The van der Waals surface area contributed by atoms with Crippen LogP contribution in [0.3, 0.4) is 0 Å². The average molecular weight is 454 g/mol. The van der Waals surface area contributed by atoms with Crippen LogP contribution < -0.4 is 10.0 Å². The number of nitriles is 1. The van der Waals surface area contributed by atoms with Gasteiger partial charge in [-0.05, 0) is 49.4 Å². The highest BCUT2D eigenvalue weighted by atomic mass is 32.2. The number of hydrogen-bond acceptors (Lipinski definition) is 6. The molecule has 168 valence electrons. The predicted octanol–water partition coefficient (Wildman–Crippen LogP) is 2.61. The Bertz CT molecular complexity index is 1240. The van der Waals surface area contributed by atoms with Crippen molar-refractivity contribution in [2.45, 2.75) is 44.2 Å². The molecule has 0 bridgehead atoms. The summed E-state index contributed by atoms with van der Waals surface area (Å²) in [4.78, 5) is 9.07. The number of aromatic nitrogens is 3. The molecule has 1 fully saturated rings. The van der Waals surface area contributed by atoms with Crippen LogP contribution in [-0.2, 0) is 16.6 Å². The van der Waals surface area contributed by atoms with E-state index in [1.54, 1.807) is 6.20 Å². The zero-order valence-corrected chi connectivity index (χ0v) is 19.0. The van der Waals surface area contributed by atoms with Crippen molar-refractivity contribution in [2.75, 3.05) is 19.4 Å². The normalized spacial score (nSPS) is 19.2. The van der Waals surface area contributed by atoms with Gasteiger partial charge in [-0.2, -0.15) is 27.7 Å². The van der Waals surface area contributed by atoms with Gasteiger partial charge in [0.2, 0.25) is 5.95 Å². The first-order valence-corrected chi connectivity index (χ1v) is 12.1. The Morgan fingerprint density at radius 3 is 2.62 bits per heavy atom. The Kier molecular flexibility index (Phi) is 6.41. The van der Waals surface area contributed by atoms with Crippen LogP contribution in [0.5, 0.6) is 0 Å². The Morgan fingerprint density at radius 2 is 1.91 bits per heavy atom. The van der Waals surface area contributed by atoms with E-state index in [0.29, 0.717) is 12.4 Å². The number of nitrogens with zero attached hydrogens (tertiary/aromatic N) is 5. The summed E-state index contributed by atoms with van der Waals surface area (Å²) in [5.41, 5.74) is 1.99. The molecule has 2 aromatic heterocycles. The lowest BCUT2D eigenvalue weighted by atomic mass is 9.92. The van der Waals surface area contributed by atoms with Crippen molar-refractivity contribution in [3.63, 3.8) is 0 Å². The van der Waals surface area contributed by atoms with Gasteiger partial charge in [0.15, 0.2) is 0 Å². The molecule has 2 N–H and O–H groups in total. The van der Waals surface area contributed by atoms with Gasteiger partial charge in [0.1, 0.15) is 5.82 Å². The quantitative estimate of drug-likeness (QED) is 0.568. The number of fused-ring (bicyclic) bond motifs is 1. The van der Waals surface area contributed by atoms with Crippen molar-refractivity contribution >= 4 is 27.1 Å². The number of benzene rings is 1. The topological polar surface area (TPSA) is 116 Å². The van der Waals surface area contributed by atoms with Gasteiger partial charge in [-0.3, -0.25) is 0 Å². The van der Waals surface area contributed by atoms with E-state index in [1.165, 1.54) is 18.4 Å². The summed E-state index contributed by atoms with van der Waals surface area (Å²) in [7, 11) is -0.360. The molecular formula is C22H27N7O2S. The van der Waals surface area contributed by atoms with Crippen molar-refractivity contribution in [2.24, 2.45) is 0 Å². The number of rotatable bonds is 7. The standard InChI is InChI=1S/C22H27N7O2S/c1-28(2)32(30,31)27-18-8-6-17(7-9-18)25-22-24-14-11-21(26-22)29-15-12-19-16(10-13-23)4-3-5-20(19)29/h3-5,11-12,14-15,17-18,27H,6-10H2,1-2H3,(H,24,25,26). The Balaban J connectivity index is 1.45. The number of anilines is 1. The molecule has 9 nitrogen and oxygen atoms in total. The summed E-state index contributed by atoms with van der Waals surface area (Å²) in [6.45, 7) is 0. The Morgan fingerprint density at radius 1 is 1.16 bits per heavy atom. The lowest BCUT2D eigenvalue weighted by Crippen LogP contribution is -2.44. The fourth-order valence-electron chi connectivity index (χ4n) is 4.08. The molecule has 10 heteroatoms. The van der Waals surface area contributed by atoms with Gasteiger partial charge in [0.05, 0.1) is 18.0 Å². The van der Waals surface area contributed by atoms with E-state index in [9.17, 15) is 8.42 Å². The lowest BCUT2D eigenvalue weighted by Gasteiger charge is -2.30. The molecule has 2 heterocycles. The van der Waals surface area contributed by atoms with Crippen molar-refractivity contribution in [3.05, 3.63) is 48.3 Å². The molecule has 1 aliphatic rings. The summed E-state index contributed by atoms with van der Waals surface area (Å²) >= 11 is 0. The maximum Gasteiger partial charge on any atom is 0.279 e. The molecule has 0 aliphatic heterocycles. The van der Waals surface area contributed by atoms with Crippen LogP contribution in [0.4, 0.5) is 5.95 Å². The minimum Gasteiger partial charge on any atom is -0.351 e. The first-order chi connectivity index (χ1) is 15.4. The molecule has 1 saturated carbocycles. The molecule has 0 radical (unpaired) electrons. The number of nitrogens with one attached hydrogen (secondary N) is 2. The summed E-state index contributed by atoms with van der Waals surface area (Å²) in [6.07, 6.45) is 7.23. The maximum atomic E-state index is 12.0. The third-order valence-corrected chi connectivity index (χ3v) is 7.43. The molecule has 0 saturated heterocycles.